The van der Waals surface area contributed by atoms with Crippen LogP contribution in [-0.4, -0.2) is 54.8 Å². The van der Waals surface area contributed by atoms with Crippen molar-refractivity contribution < 1.29 is 9.47 Å². The van der Waals surface area contributed by atoms with Gasteiger partial charge in [0.15, 0.2) is 5.96 Å². The summed E-state index contributed by atoms with van der Waals surface area (Å²) in [5.41, 5.74) is 1.45. The molecule has 0 bridgehead atoms. The Kier molecular flexibility index (Phi) is 7.16. The molecule has 0 aliphatic carbocycles. The van der Waals surface area contributed by atoms with Gasteiger partial charge in [-0.15, -0.1) is 0 Å². The van der Waals surface area contributed by atoms with Crippen LogP contribution in [0.15, 0.2) is 23.3 Å². The van der Waals surface area contributed by atoms with E-state index in [-0.39, 0.29) is 6.10 Å². The fourth-order valence-electron chi connectivity index (χ4n) is 4.21. The molecule has 3 heterocycles. The molecule has 3 rings (SSSR count). The van der Waals surface area contributed by atoms with Crippen LogP contribution in [-0.2, 0) is 11.3 Å². The first-order valence-corrected chi connectivity index (χ1v) is 10.7. The smallest absolute Gasteiger partial charge is 0.213 e. The lowest BCUT2D eigenvalue weighted by molar-refractivity contribution is 0.156. The molecule has 0 radical (unpaired) electrons. The number of guanidine groups is 1. The number of nitrogens with one attached hydrogen (secondary N) is 1. The third-order valence-electron chi connectivity index (χ3n) is 5.59. The molecule has 2 atom stereocenters. The minimum absolute atomic E-state index is 0.165. The lowest BCUT2D eigenvalue weighted by Crippen LogP contribution is -2.41. The molecule has 1 N–H and O–H groups in total. The van der Waals surface area contributed by atoms with Gasteiger partial charge in [-0.3, -0.25) is 0 Å². The van der Waals surface area contributed by atoms with E-state index in [9.17, 15) is 0 Å². The van der Waals surface area contributed by atoms with Gasteiger partial charge in [0.05, 0.1) is 19.3 Å². The van der Waals surface area contributed by atoms with E-state index in [0.29, 0.717) is 23.8 Å². The molecule has 2 aliphatic rings. The summed E-state index contributed by atoms with van der Waals surface area (Å²) in [4.78, 5) is 11.7. The summed E-state index contributed by atoms with van der Waals surface area (Å²) in [6, 6.07) is 4.03. The van der Waals surface area contributed by atoms with Crippen molar-refractivity contribution in [2.45, 2.75) is 59.6 Å². The maximum Gasteiger partial charge on any atom is 0.213 e. The first kappa shape index (κ1) is 20.9. The average Bonchev–Trinajstić information content (AvgIpc) is 3.28. The Labute approximate surface area is 169 Å². The molecule has 6 nitrogen and oxygen atoms in total. The van der Waals surface area contributed by atoms with Gasteiger partial charge >= 0.3 is 0 Å². The molecule has 2 unspecified atom stereocenters. The molecule has 28 heavy (non-hydrogen) atoms. The van der Waals surface area contributed by atoms with Gasteiger partial charge in [0.25, 0.3) is 0 Å². The number of hydrogen-bond acceptors (Lipinski definition) is 4. The van der Waals surface area contributed by atoms with Gasteiger partial charge in [-0.25, -0.2) is 9.98 Å². The Morgan fingerprint density at radius 2 is 2.25 bits per heavy atom. The van der Waals surface area contributed by atoms with Gasteiger partial charge in [0, 0.05) is 43.9 Å². The van der Waals surface area contributed by atoms with E-state index >= 15 is 0 Å². The van der Waals surface area contributed by atoms with Crippen LogP contribution >= 0.6 is 0 Å². The number of likely N-dealkylation sites (tertiary alicyclic amines) is 1. The van der Waals surface area contributed by atoms with Gasteiger partial charge in [0.1, 0.15) is 0 Å². The molecule has 0 aromatic carbocycles. The van der Waals surface area contributed by atoms with E-state index in [4.69, 9.17) is 14.5 Å². The van der Waals surface area contributed by atoms with Crippen molar-refractivity contribution in [2.75, 3.05) is 32.8 Å². The summed E-state index contributed by atoms with van der Waals surface area (Å²) in [5, 5.41) is 3.46. The van der Waals surface area contributed by atoms with Crippen LogP contribution in [0.25, 0.3) is 0 Å². The van der Waals surface area contributed by atoms with Gasteiger partial charge in [0.2, 0.25) is 5.88 Å². The van der Waals surface area contributed by atoms with E-state index in [1.807, 2.05) is 18.3 Å². The lowest BCUT2D eigenvalue weighted by Gasteiger charge is -2.25. The predicted octanol–water partition coefficient (Wildman–Crippen LogP) is 3.47. The Morgan fingerprint density at radius 3 is 2.96 bits per heavy atom. The third kappa shape index (κ3) is 5.60. The second kappa shape index (κ2) is 9.59. The van der Waals surface area contributed by atoms with Gasteiger partial charge in [-0.05, 0) is 50.7 Å². The molecule has 6 heteroatoms. The number of aliphatic imine (C=N–C) groups is 1. The molecule has 1 aromatic rings. The number of pyridine rings is 1. The van der Waals surface area contributed by atoms with E-state index in [0.717, 1.165) is 50.8 Å². The van der Waals surface area contributed by atoms with Crippen molar-refractivity contribution in [3.8, 4) is 5.88 Å². The van der Waals surface area contributed by atoms with Gasteiger partial charge < -0.3 is 19.7 Å². The summed E-state index contributed by atoms with van der Waals surface area (Å²) in [6.07, 6.45) is 5.37. The number of rotatable bonds is 7. The molecule has 0 amide bonds. The molecule has 156 valence electrons. The Morgan fingerprint density at radius 1 is 1.39 bits per heavy atom. The minimum Gasteiger partial charge on any atom is -0.475 e. The maximum absolute atomic E-state index is 5.98. The van der Waals surface area contributed by atoms with Crippen molar-refractivity contribution in [3.05, 3.63) is 23.9 Å². The third-order valence-corrected chi connectivity index (χ3v) is 5.59. The van der Waals surface area contributed by atoms with E-state index in [1.54, 1.807) is 0 Å². The van der Waals surface area contributed by atoms with E-state index in [1.165, 1.54) is 12.8 Å². The Bertz CT molecular complexity index is 656. The highest BCUT2D eigenvalue weighted by molar-refractivity contribution is 5.80. The molecular formula is C22H36N4O2. The zero-order valence-corrected chi connectivity index (χ0v) is 17.9. The number of aromatic nitrogens is 1. The topological polar surface area (TPSA) is 59.0 Å². The fraction of sp³-hybridized carbons (Fsp3) is 0.727. The van der Waals surface area contributed by atoms with Gasteiger partial charge in [-0.2, -0.15) is 0 Å². The van der Waals surface area contributed by atoms with Crippen LogP contribution in [0.3, 0.4) is 0 Å². The molecule has 1 aromatic heterocycles. The van der Waals surface area contributed by atoms with E-state index < -0.39 is 0 Å². The van der Waals surface area contributed by atoms with E-state index in [2.05, 4.69) is 42.9 Å². The standard InChI is InChI=1S/C22H36N4O2/c1-5-23-21(26-10-7-22(15-26)8-11-27-16-22)25-14-19-6-9-24-20(13-19)28-18(4)12-17(2)3/h6,9,13,17-18H,5,7-8,10-12,14-16H2,1-4H3,(H,23,25). The van der Waals surface area contributed by atoms with Crippen molar-refractivity contribution in [2.24, 2.45) is 16.3 Å². The quantitative estimate of drug-likeness (QED) is 0.572. The average molecular weight is 389 g/mol. The van der Waals surface area contributed by atoms with Crippen LogP contribution in [0, 0.1) is 11.3 Å². The fourth-order valence-corrected chi connectivity index (χ4v) is 4.21. The molecule has 2 fully saturated rings. The lowest BCUT2D eigenvalue weighted by atomic mass is 9.87. The summed E-state index contributed by atoms with van der Waals surface area (Å²) in [5.74, 6) is 2.30. The largest absolute Gasteiger partial charge is 0.475 e. The van der Waals surface area contributed by atoms with Gasteiger partial charge in [-0.1, -0.05) is 13.8 Å². The normalized spacial score (nSPS) is 23.6. The van der Waals surface area contributed by atoms with Crippen molar-refractivity contribution in [1.29, 1.82) is 0 Å². The minimum atomic E-state index is 0.165. The Hall–Kier alpha value is -1.82. The highest BCUT2D eigenvalue weighted by Crippen LogP contribution is 2.38. The summed E-state index contributed by atoms with van der Waals surface area (Å²) in [7, 11) is 0. The maximum atomic E-state index is 5.98. The summed E-state index contributed by atoms with van der Waals surface area (Å²) >= 11 is 0. The van der Waals surface area contributed by atoms with Crippen molar-refractivity contribution in [3.63, 3.8) is 0 Å². The zero-order chi connectivity index (χ0) is 20.0. The van der Waals surface area contributed by atoms with Crippen LogP contribution in [0.4, 0.5) is 0 Å². The zero-order valence-electron chi connectivity index (χ0n) is 17.9. The summed E-state index contributed by atoms with van der Waals surface area (Å²) < 4.78 is 11.6. The molecule has 1 spiro atoms. The van der Waals surface area contributed by atoms with Crippen LogP contribution in [0.5, 0.6) is 5.88 Å². The predicted molar refractivity (Wildman–Crippen MR) is 113 cm³/mol. The van der Waals surface area contributed by atoms with Crippen LogP contribution in [0.2, 0.25) is 0 Å². The number of nitrogens with zero attached hydrogens (tertiary/aromatic N) is 3. The SMILES string of the molecule is CCNC(=NCc1ccnc(OC(C)CC(C)C)c1)N1CCC2(CCOC2)C1. The summed E-state index contributed by atoms with van der Waals surface area (Å²) in [6.45, 7) is 14.0. The number of hydrogen-bond donors (Lipinski definition) is 1. The highest BCUT2D eigenvalue weighted by atomic mass is 16.5. The monoisotopic (exact) mass is 388 g/mol. The van der Waals surface area contributed by atoms with Crippen molar-refractivity contribution in [1.82, 2.24) is 15.2 Å². The van der Waals surface area contributed by atoms with Crippen molar-refractivity contribution >= 4 is 5.96 Å². The first-order valence-electron chi connectivity index (χ1n) is 10.7. The first-order chi connectivity index (χ1) is 13.5. The molecular weight excluding hydrogens is 352 g/mol. The van der Waals surface area contributed by atoms with Crippen LogP contribution < -0.4 is 10.1 Å². The molecule has 2 saturated heterocycles. The second-order valence-corrected chi connectivity index (χ2v) is 8.70. The highest BCUT2D eigenvalue weighted by Gasteiger charge is 2.42. The van der Waals surface area contributed by atoms with Crippen LogP contribution in [0.1, 0.15) is 52.5 Å². The Balaban J connectivity index is 1.62. The second-order valence-electron chi connectivity index (χ2n) is 8.70. The molecule has 0 saturated carbocycles. The molecule has 2 aliphatic heterocycles. The number of ether oxygens (including phenoxy) is 2.